The van der Waals surface area contributed by atoms with Crippen LogP contribution in [0.15, 0.2) is 64.9 Å². The molecule has 0 saturated heterocycles. The number of thiophene rings is 1. The van der Waals surface area contributed by atoms with Crippen molar-refractivity contribution in [3.8, 4) is 11.1 Å². The van der Waals surface area contributed by atoms with Crippen molar-refractivity contribution in [2.75, 3.05) is 11.9 Å². The molecule has 0 bridgehead atoms. The van der Waals surface area contributed by atoms with Gasteiger partial charge in [0.05, 0.1) is 12.1 Å². The number of aryl methyl sites for hydroxylation is 1. The third kappa shape index (κ3) is 4.29. The summed E-state index contributed by atoms with van der Waals surface area (Å²) in [4.78, 5) is 38.9. The fraction of sp³-hybridized carbons (Fsp3) is 0.160. The van der Waals surface area contributed by atoms with Crippen LogP contribution >= 0.6 is 11.3 Å². The zero-order valence-electron chi connectivity index (χ0n) is 18.1. The number of amides is 1. The van der Waals surface area contributed by atoms with Gasteiger partial charge in [-0.15, -0.1) is 11.3 Å². The van der Waals surface area contributed by atoms with Crippen LogP contribution < -0.4 is 10.7 Å². The molecule has 8 heteroatoms. The molecule has 0 unspecified atom stereocenters. The van der Waals surface area contributed by atoms with Crippen molar-refractivity contribution in [3.63, 3.8) is 0 Å². The van der Waals surface area contributed by atoms with Gasteiger partial charge in [0, 0.05) is 29.1 Å². The Hall–Kier alpha value is -3.78. The highest BCUT2D eigenvalue weighted by Crippen LogP contribution is 2.36. The molecule has 0 aliphatic rings. The summed E-state index contributed by atoms with van der Waals surface area (Å²) in [5.74, 6) is -1.81. The molecule has 4 rings (SSSR count). The number of rotatable bonds is 6. The minimum absolute atomic E-state index is 0.117. The van der Waals surface area contributed by atoms with Crippen molar-refractivity contribution < 1.29 is 18.7 Å². The van der Waals surface area contributed by atoms with E-state index in [0.717, 1.165) is 11.6 Å². The predicted molar refractivity (Wildman–Crippen MR) is 128 cm³/mol. The number of nitrogens with one attached hydrogen (secondary N) is 1. The zero-order valence-corrected chi connectivity index (χ0v) is 18.9. The van der Waals surface area contributed by atoms with Crippen LogP contribution in [0.25, 0.3) is 22.0 Å². The summed E-state index contributed by atoms with van der Waals surface area (Å²) < 4.78 is 20.7. The topological polar surface area (TPSA) is 77.4 Å². The fourth-order valence-corrected chi connectivity index (χ4v) is 4.60. The summed E-state index contributed by atoms with van der Waals surface area (Å²) in [6, 6.07) is 13.2. The van der Waals surface area contributed by atoms with E-state index in [0.29, 0.717) is 17.6 Å². The van der Waals surface area contributed by atoms with E-state index in [-0.39, 0.29) is 28.1 Å². The number of pyridine rings is 1. The van der Waals surface area contributed by atoms with Crippen molar-refractivity contribution >= 4 is 39.1 Å². The van der Waals surface area contributed by atoms with Gasteiger partial charge in [0.15, 0.2) is 0 Å². The van der Waals surface area contributed by atoms with Crippen LogP contribution in [-0.2, 0) is 11.3 Å². The number of aromatic nitrogens is 1. The first-order valence-corrected chi connectivity index (χ1v) is 11.3. The summed E-state index contributed by atoms with van der Waals surface area (Å²) in [5, 5.41) is 4.85. The molecule has 4 aromatic rings. The number of fused-ring (bicyclic) bond motifs is 1. The number of halogens is 1. The number of hydrogen-bond acceptors (Lipinski definition) is 5. The highest BCUT2D eigenvalue weighted by atomic mass is 32.1. The lowest BCUT2D eigenvalue weighted by Gasteiger charge is -2.12. The van der Waals surface area contributed by atoms with E-state index in [2.05, 4.69) is 5.32 Å². The Morgan fingerprint density at radius 3 is 2.58 bits per heavy atom. The van der Waals surface area contributed by atoms with Gasteiger partial charge in [-0.25, -0.2) is 9.18 Å². The molecule has 33 heavy (non-hydrogen) atoms. The van der Waals surface area contributed by atoms with Gasteiger partial charge in [-0.2, -0.15) is 0 Å². The van der Waals surface area contributed by atoms with Crippen molar-refractivity contribution in [2.24, 2.45) is 0 Å². The van der Waals surface area contributed by atoms with Gasteiger partial charge in [-0.05, 0) is 37.6 Å². The second-order valence-corrected chi connectivity index (χ2v) is 8.09. The maximum absolute atomic E-state index is 13.8. The number of ether oxygens (including phenoxy) is 1. The maximum Gasteiger partial charge on any atom is 0.341 e. The summed E-state index contributed by atoms with van der Waals surface area (Å²) in [5.41, 5.74) is 1.47. The smallest absolute Gasteiger partial charge is 0.341 e. The first-order chi connectivity index (χ1) is 15.9. The average molecular weight is 465 g/mol. The Morgan fingerprint density at radius 1 is 1.12 bits per heavy atom. The third-order valence-electron chi connectivity index (χ3n) is 5.21. The summed E-state index contributed by atoms with van der Waals surface area (Å²) in [7, 11) is 0. The molecule has 0 spiro atoms. The van der Waals surface area contributed by atoms with Gasteiger partial charge in [0.1, 0.15) is 21.9 Å². The van der Waals surface area contributed by atoms with Crippen LogP contribution in [0, 0.1) is 5.82 Å². The van der Waals surface area contributed by atoms with E-state index in [1.807, 2.05) is 37.3 Å². The number of anilines is 1. The lowest BCUT2D eigenvalue weighted by Crippen LogP contribution is -2.24. The Balaban J connectivity index is 1.79. The molecule has 6 nitrogen and oxygen atoms in total. The molecule has 2 aromatic heterocycles. The monoisotopic (exact) mass is 464 g/mol. The maximum atomic E-state index is 13.8. The number of benzene rings is 2. The first kappa shape index (κ1) is 22.4. The molecular formula is C25H21FN2O4S. The first-order valence-electron chi connectivity index (χ1n) is 10.4. The van der Waals surface area contributed by atoms with Crippen molar-refractivity contribution in [3.05, 3.63) is 87.3 Å². The van der Waals surface area contributed by atoms with Crippen molar-refractivity contribution in [2.45, 2.75) is 20.4 Å². The summed E-state index contributed by atoms with van der Waals surface area (Å²) in [6.07, 6.45) is 1.45. The molecule has 0 radical (unpaired) electrons. The Labute approximate surface area is 193 Å². The van der Waals surface area contributed by atoms with E-state index < -0.39 is 23.1 Å². The third-order valence-corrected chi connectivity index (χ3v) is 6.11. The molecule has 2 aromatic carbocycles. The lowest BCUT2D eigenvalue weighted by molar-refractivity contribution is 0.0529. The van der Waals surface area contributed by atoms with Crippen molar-refractivity contribution in [1.82, 2.24) is 4.57 Å². The largest absolute Gasteiger partial charge is 0.462 e. The standard InChI is InChI=1S/C25H21FN2O4S/c1-3-28-13-18(22(29)17-12-16(26)10-11-20(17)28)23(30)27-24-21(25(31)32-4-2)19(14-33-24)15-8-6-5-7-9-15/h5-14H,3-4H2,1-2H3,(H,27,30). The van der Waals surface area contributed by atoms with E-state index >= 15 is 0 Å². The Morgan fingerprint density at radius 2 is 1.88 bits per heavy atom. The van der Waals surface area contributed by atoms with Gasteiger partial charge in [-0.1, -0.05) is 30.3 Å². The van der Waals surface area contributed by atoms with Crippen LogP contribution in [0.5, 0.6) is 0 Å². The number of carbonyl (C=O) groups is 2. The molecule has 1 amide bonds. The van der Waals surface area contributed by atoms with Crippen LogP contribution in [0.3, 0.4) is 0 Å². The van der Waals surface area contributed by atoms with Crippen LogP contribution in [0.4, 0.5) is 9.39 Å². The Bertz CT molecular complexity index is 1410. The summed E-state index contributed by atoms with van der Waals surface area (Å²) in [6.45, 7) is 4.22. The molecule has 168 valence electrons. The molecule has 2 heterocycles. The van der Waals surface area contributed by atoms with Crippen LogP contribution in [0.2, 0.25) is 0 Å². The minimum atomic E-state index is -0.680. The molecule has 0 saturated carbocycles. The predicted octanol–water partition coefficient (Wildman–Crippen LogP) is 5.32. The molecule has 0 aliphatic carbocycles. The van der Waals surface area contributed by atoms with Gasteiger partial charge in [-0.3, -0.25) is 9.59 Å². The van der Waals surface area contributed by atoms with Crippen molar-refractivity contribution in [1.29, 1.82) is 0 Å². The lowest BCUT2D eigenvalue weighted by atomic mass is 10.0. The van der Waals surface area contributed by atoms with Gasteiger partial charge >= 0.3 is 5.97 Å². The quantitative estimate of drug-likeness (QED) is 0.392. The van der Waals surface area contributed by atoms with Gasteiger partial charge < -0.3 is 14.6 Å². The van der Waals surface area contributed by atoms with Crippen LogP contribution in [-0.4, -0.2) is 23.1 Å². The highest BCUT2D eigenvalue weighted by Gasteiger charge is 2.24. The molecule has 0 fully saturated rings. The number of nitrogens with zero attached hydrogens (tertiary/aromatic N) is 1. The number of esters is 1. The van der Waals surface area contributed by atoms with Crippen LogP contribution in [0.1, 0.15) is 34.6 Å². The van der Waals surface area contributed by atoms with E-state index in [1.54, 1.807) is 16.9 Å². The zero-order chi connectivity index (χ0) is 23.5. The second-order valence-electron chi connectivity index (χ2n) is 7.21. The van der Waals surface area contributed by atoms with E-state index in [4.69, 9.17) is 4.74 Å². The second kappa shape index (κ2) is 9.38. The van der Waals surface area contributed by atoms with Gasteiger partial charge in [0.25, 0.3) is 5.91 Å². The fourth-order valence-electron chi connectivity index (χ4n) is 3.65. The molecule has 1 N–H and O–H groups in total. The average Bonchev–Trinajstić information content (AvgIpc) is 3.24. The number of hydrogen-bond donors (Lipinski definition) is 1. The Kier molecular flexibility index (Phi) is 6.37. The summed E-state index contributed by atoms with van der Waals surface area (Å²) >= 11 is 1.17. The number of carbonyl (C=O) groups excluding carboxylic acids is 2. The van der Waals surface area contributed by atoms with E-state index in [9.17, 15) is 18.8 Å². The minimum Gasteiger partial charge on any atom is -0.462 e. The highest BCUT2D eigenvalue weighted by molar-refractivity contribution is 7.15. The van der Waals surface area contributed by atoms with E-state index in [1.165, 1.54) is 29.7 Å². The molecule has 0 aliphatic heterocycles. The normalized spacial score (nSPS) is 10.9. The molecule has 0 atom stereocenters. The van der Waals surface area contributed by atoms with Gasteiger partial charge in [0.2, 0.25) is 5.43 Å². The molecular weight excluding hydrogens is 443 g/mol. The SMILES string of the molecule is CCOC(=O)c1c(-c2ccccc2)csc1NC(=O)c1cn(CC)c2ccc(F)cc2c1=O.